The van der Waals surface area contributed by atoms with Crippen molar-refractivity contribution in [1.29, 1.82) is 0 Å². The Morgan fingerprint density at radius 1 is 1.17 bits per heavy atom. The summed E-state index contributed by atoms with van der Waals surface area (Å²) >= 11 is 0. The number of halogens is 5. The van der Waals surface area contributed by atoms with Crippen LogP contribution in [0.1, 0.15) is 50.8 Å². The summed E-state index contributed by atoms with van der Waals surface area (Å²) in [6.07, 6.45) is -3.07. The Hall–Kier alpha value is -3.59. The third-order valence-corrected chi connectivity index (χ3v) is 9.75. The summed E-state index contributed by atoms with van der Waals surface area (Å²) in [6, 6.07) is 0.748. The van der Waals surface area contributed by atoms with Gasteiger partial charge in [-0.05, 0) is 45.6 Å². The van der Waals surface area contributed by atoms with Gasteiger partial charge in [0.2, 0.25) is 5.88 Å². The lowest BCUT2D eigenvalue weighted by atomic mass is 10.0. The molecule has 0 amide bonds. The van der Waals surface area contributed by atoms with Crippen molar-refractivity contribution in [3.63, 3.8) is 0 Å². The Kier molecular flexibility index (Phi) is 7.61. The molecule has 0 radical (unpaired) electrons. The number of nitrogens with two attached hydrogens (primary N) is 1. The fraction of sp³-hybridized carbons (Fsp3) is 0.613. The van der Waals surface area contributed by atoms with Gasteiger partial charge in [-0.3, -0.25) is 4.90 Å². The van der Waals surface area contributed by atoms with Gasteiger partial charge in [0.05, 0.1) is 23.9 Å². The fourth-order valence-electron chi connectivity index (χ4n) is 7.05. The third-order valence-electron chi connectivity index (χ3n) is 9.75. The van der Waals surface area contributed by atoms with Crippen LogP contribution >= 0.6 is 0 Å². The first-order valence-corrected chi connectivity index (χ1v) is 15.8. The van der Waals surface area contributed by atoms with Gasteiger partial charge in [-0.1, -0.05) is 6.92 Å². The molecule has 3 aromatic heterocycles. The summed E-state index contributed by atoms with van der Waals surface area (Å²) in [5.74, 6) is -1.01. The van der Waals surface area contributed by atoms with Gasteiger partial charge in [0.1, 0.15) is 40.5 Å². The third kappa shape index (κ3) is 5.54. The van der Waals surface area contributed by atoms with Gasteiger partial charge in [-0.2, -0.15) is 23.1 Å². The molecule has 2 saturated heterocycles. The molecule has 0 spiro atoms. The van der Waals surface area contributed by atoms with Gasteiger partial charge < -0.3 is 25.4 Å². The normalized spacial score (nSPS) is 25.7. The second kappa shape index (κ2) is 11.3. The second-order valence-electron chi connectivity index (χ2n) is 13.2. The molecule has 3 fully saturated rings. The van der Waals surface area contributed by atoms with Crippen LogP contribution in [0, 0.1) is 18.2 Å². The number of nitrogens with zero attached hydrogens (tertiary/aromatic N) is 6. The van der Waals surface area contributed by atoms with Crippen molar-refractivity contribution in [3.05, 3.63) is 23.1 Å². The van der Waals surface area contributed by atoms with E-state index in [1.54, 1.807) is 0 Å². The zero-order valence-corrected chi connectivity index (χ0v) is 25.9. The Morgan fingerprint density at radius 3 is 2.63 bits per heavy atom. The molecule has 4 atom stereocenters. The average Bonchev–Trinajstić information content (AvgIpc) is 3.67. The Balaban J connectivity index is 1.37. The van der Waals surface area contributed by atoms with Gasteiger partial charge in [0.25, 0.3) is 0 Å². The van der Waals surface area contributed by atoms with E-state index in [0.717, 1.165) is 25.3 Å². The molecule has 0 unspecified atom stereocenters. The van der Waals surface area contributed by atoms with Crippen LogP contribution in [0.25, 0.3) is 22.2 Å². The highest BCUT2D eigenvalue weighted by molar-refractivity contribution is 5.97. The summed E-state index contributed by atoms with van der Waals surface area (Å²) < 4.78 is 86.0. The molecule has 248 valence electrons. The summed E-state index contributed by atoms with van der Waals surface area (Å²) in [5, 5.41) is 3.67. The number of piperazine rings is 1. The molecule has 46 heavy (non-hydrogen) atoms. The number of hydrogen-bond acceptors (Lipinski definition) is 10. The van der Waals surface area contributed by atoms with Crippen LogP contribution in [0.4, 0.5) is 33.6 Å². The molecule has 3 aliphatic heterocycles. The van der Waals surface area contributed by atoms with E-state index in [4.69, 9.17) is 20.2 Å². The molecule has 15 heteroatoms. The van der Waals surface area contributed by atoms with Gasteiger partial charge in [-0.25, -0.2) is 18.7 Å². The van der Waals surface area contributed by atoms with Gasteiger partial charge in [-0.15, -0.1) is 0 Å². The monoisotopic (exact) mass is 648 g/mol. The maximum Gasteiger partial charge on any atom is 0.418 e. The van der Waals surface area contributed by atoms with Crippen LogP contribution in [0.2, 0.25) is 0 Å². The topological polar surface area (TPSA) is 115 Å². The lowest BCUT2D eigenvalue weighted by Gasteiger charge is -2.42. The zero-order valence-electron chi connectivity index (χ0n) is 25.9. The molecule has 3 N–H and O–H groups in total. The first-order valence-electron chi connectivity index (χ1n) is 15.8. The van der Waals surface area contributed by atoms with E-state index in [9.17, 15) is 17.6 Å². The van der Waals surface area contributed by atoms with Crippen LogP contribution in [0.3, 0.4) is 0 Å². The first-order chi connectivity index (χ1) is 21.9. The number of rotatable bonds is 7. The minimum absolute atomic E-state index is 0.0717. The summed E-state index contributed by atoms with van der Waals surface area (Å²) in [7, 11) is 0. The molecule has 0 bridgehead atoms. The van der Waals surface area contributed by atoms with Crippen LogP contribution < -0.4 is 25.4 Å². The van der Waals surface area contributed by atoms with Crippen molar-refractivity contribution in [2.45, 2.75) is 77.0 Å². The predicted molar refractivity (Wildman–Crippen MR) is 161 cm³/mol. The van der Waals surface area contributed by atoms with E-state index in [-0.39, 0.29) is 52.7 Å². The Morgan fingerprint density at radius 2 is 1.96 bits per heavy atom. The lowest BCUT2D eigenvalue weighted by Crippen LogP contribution is -2.60. The van der Waals surface area contributed by atoms with Crippen LogP contribution in [-0.2, 0) is 6.18 Å². The maximum absolute atomic E-state index is 16.7. The first kappa shape index (κ1) is 31.0. The molecular weight excluding hydrogens is 611 g/mol. The van der Waals surface area contributed by atoms with Gasteiger partial charge >= 0.3 is 12.2 Å². The molecule has 1 saturated carbocycles. The van der Waals surface area contributed by atoms with Gasteiger partial charge in [0.15, 0.2) is 5.82 Å². The molecule has 7 rings (SSSR count). The number of aromatic nitrogens is 4. The smallest absolute Gasteiger partial charge is 0.418 e. The molecule has 4 aliphatic rings. The molecule has 1 aliphatic carbocycles. The molecule has 3 aromatic rings. The molecular formula is C31H37F5N8O2. The highest BCUT2D eigenvalue weighted by Gasteiger charge is 2.47. The van der Waals surface area contributed by atoms with Crippen molar-refractivity contribution in [2.75, 3.05) is 50.0 Å². The average molecular weight is 649 g/mol. The number of nitrogens with one attached hydrogen (secondary N) is 1. The zero-order chi connectivity index (χ0) is 32.5. The maximum atomic E-state index is 16.7. The quantitative estimate of drug-likeness (QED) is 0.350. The van der Waals surface area contributed by atoms with Crippen LogP contribution in [0.5, 0.6) is 11.9 Å². The minimum Gasteiger partial charge on any atom is -0.472 e. The van der Waals surface area contributed by atoms with Crippen molar-refractivity contribution in [1.82, 2.24) is 30.2 Å². The molecule has 10 nitrogen and oxygen atoms in total. The number of anilines is 2. The number of aryl methyl sites for hydroxylation is 1. The standard InChI is InChI=1S/C31H37F5N8O2/c1-4-18-12-44-20(10-38-18)16(3)46-28-22-26(24(33)25(40-28)19-9-21(37)39-15(2)23(19)31(34,35)36)41-29(42-27(22)44)45-14-30(6-7-30)13-43-8-5-17(32)11-43/h9,16-18,20,38H,4-8,10-14H2,1-3H3,(H2,37,39)/t16-,17+,18+,20-/m0/s1. The van der Waals surface area contributed by atoms with Crippen molar-refractivity contribution >= 4 is 22.5 Å². The molecule has 6 heterocycles. The van der Waals surface area contributed by atoms with Gasteiger partial charge in [0, 0.05) is 49.7 Å². The van der Waals surface area contributed by atoms with E-state index in [1.807, 2.05) is 11.8 Å². The van der Waals surface area contributed by atoms with E-state index in [2.05, 4.69) is 32.1 Å². The van der Waals surface area contributed by atoms with Crippen molar-refractivity contribution in [3.8, 4) is 23.1 Å². The number of pyridine rings is 2. The van der Waals surface area contributed by atoms with E-state index in [0.29, 0.717) is 45.0 Å². The van der Waals surface area contributed by atoms with Crippen LogP contribution in [-0.4, -0.2) is 88.5 Å². The number of fused-ring (bicyclic) bond motifs is 2. The number of alkyl halides is 4. The predicted octanol–water partition coefficient (Wildman–Crippen LogP) is 4.68. The summed E-state index contributed by atoms with van der Waals surface area (Å²) in [4.78, 5) is 21.5. The number of likely N-dealkylation sites (tertiary alicyclic amines) is 1. The highest BCUT2D eigenvalue weighted by Crippen LogP contribution is 2.48. The number of nitrogen functional groups attached to an aromatic ring is 1. The van der Waals surface area contributed by atoms with E-state index < -0.39 is 46.8 Å². The van der Waals surface area contributed by atoms with Crippen molar-refractivity contribution in [2.24, 2.45) is 5.41 Å². The van der Waals surface area contributed by atoms with Crippen molar-refractivity contribution < 1.29 is 31.4 Å². The number of ether oxygens (including phenoxy) is 2. The summed E-state index contributed by atoms with van der Waals surface area (Å²) in [5.41, 5.74) is 2.69. The lowest BCUT2D eigenvalue weighted by molar-refractivity contribution is -0.137. The Bertz CT molecular complexity index is 1670. The highest BCUT2D eigenvalue weighted by atomic mass is 19.4. The number of hydrogen-bond donors (Lipinski definition) is 2. The van der Waals surface area contributed by atoms with E-state index in [1.165, 1.54) is 6.92 Å². The SMILES string of the molecule is CC[C@@H]1CN2c3nc(OCC4(CN5CC[C@@H](F)C5)CC4)nc4c(F)c(-c5cc(N)nc(C)c5C(F)(F)F)nc(c34)O[C@@H](C)[C@@H]2CN1. The Labute approximate surface area is 262 Å². The van der Waals surface area contributed by atoms with Crippen LogP contribution in [0.15, 0.2) is 6.07 Å². The fourth-order valence-corrected chi connectivity index (χ4v) is 7.05. The van der Waals surface area contributed by atoms with E-state index >= 15 is 4.39 Å². The summed E-state index contributed by atoms with van der Waals surface area (Å²) in [6.45, 7) is 8.13. The molecule has 0 aromatic carbocycles. The second-order valence-corrected chi connectivity index (χ2v) is 13.2. The minimum atomic E-state index is -4.87. The largest absolute Gasteiger partial charge is 0.472 e.